The largest absolute Gasteiger partial charge is 0.379 e. The Bertz CT molecular complexity index is 1640. The van der Waals surface area contributed by atoms with E-state index in [9.17, 15) is 0 Å². The second-order valence-corrected chi connectivity index (χ2v) is 14.7. The van der Waals surface area contributed by atoms with Crippen LogP contribution in [0.25, 0.3) is 0 Å². The molecule has 0 aliphatic carbocycles. The van der Waals surface area contributed by atoms with Crippen molar-refractivity contribution in [1.82, 2.24) is 4.98 Å². The molecule has 0 fully saturated rings. The van der Waals surface area contributed by atoms with Crippen molar-refractivity contribution in [3.63, 3.8) is 0 Å². The minimum absolute atomic E-state index is 0.557. The number of benzene rings is 5. The second kappa shape index (κ2) is 13.9. The highest BCUT2D eigenvalue weighted by atomic mass is 35.5. The van der Waals surface area contributed by atoms with Crippen LogP contribution >= 0.6 is 27.4 Å². The van der Waals surface area contributed by atoms with E-state index in [4.69, 9.17) is 16.6 Å². The van der Waals surface area contributed by atoms with Crippen LogP contribution in [0.4, 0.5) is 5.69 Å². The number of pyridine rings is 1. The Morgan fingerprint density at radius 3 is 1.57 bits per heavy atom. The molecule has 5 aromatic carbocycles. The van der Waals surface area contributed by atoms with Gasteiger partial charge in [-0.25, -0.2) is 0 Å². The molecule has 0 amide bonds. The molecule has 0 saturated carbocycles. The number of nitrogens with one attached hydrogen (secondary N) is 1. The lowest BCUT2D eigenvalue weighted by Crippen LogP contribution is -2.23. The maximum atomic E-state index is 6.60. The van der Waals surface area contributed by atoms with Gasteiger partial charge in [-0.2, -0.15) is 0 Å². The lowest BCUT2D eigenvalue weighted by molar-refractivity contribution is 1.01. The third-order valence-electron chi connectivity index (χ3n) is 7.01. The number of nitrogens with zero attached hydrogens (tertiary/aromatic N) is 1. The van der Waals surface area contributed by atoms with Crippen LogP contribution in [0, 0.1) is 0 Å². The van der Waals surface area contributed by atoms with Gasteiger partial charge in [0.15, 0.2) is 0 Å². The number of anilines is 1. The topological polar surface area (TPSA) is 24.9 Å². The van der Waals surface area contributed by atoms with Gasteiger partial charge in [-0.3, -0.25) is 4.98 Å². The van der Waals surface area contributed by atoms with E-state index in [1.165, 1.54) is 26.5 Å². The van der Waals surface area contributed by atoms with Gasteiger partial charge in [0.2, 0.25) is 0 Å². The zero-order valence-corrected chi connectivity index (χ0v) is 25.7. The first-order valence-electron chi connectivity index (χ1n) is 14.0. The molecule has 5 heteroatoms. The summed E-state index contributed by atoms with van der Waals surface area (Å²) in [5.74, 6) is 0. The van der Waals surface area contributed by atoms with Gasteiger partial charge >= 0.3 is 0 Å². The zero-order valence-electron chi connectivity index (χ0n) is 23.1. The van der Waals surface area contributed by atoms with Crippen molar-refractivity contribution in [2.24, 2.45) is 0 Å². The van der Waals surface area contributed by atoms with Gasteiger partial charge in [-0.15, -0.1) is 0 Å². The number of halogens is 1. The van der Waals surface area contributed by atoms with Gasteiger partial charge in [-0.1, -0.05) is 139 Å². The Kier molecular flexibility index (Phi) is 9.38. The second-order valence-electron chi connectivity index (χ2n) is 9.90. The SMILES string of the molecule is Clc1ccc(NCc2cccc(CP(c3ccccc3)c3ccccc3)n2)c(P(c2ccccc2)c2ccccc2)c1. The maximum Gasteiger partial charge on any atom is 0.0598 e. The Morgan fingerprint density at radius 1 is 0.524 bits per heavy atom. The highest BCUT2D eigenvalue weighted by molar-refractivity contribution is 7.80. The average Bonchev–Trinajstić information content (AvgIpc) is 3.05. The lowest BCUT2D eigenvalue weighted by atomic mass is 10.3. The third kappa shape index (κ3) is 6.97. The predicted octanol–water partition coefficient (Wildman–Crippen LogP) is 7.74. The smallest absolute Gasteiger partial charge is 0.0598 e. The van der Waals surface area contributed by atoms with E-state index < -0.39 is 15.8 Å². The fourth-order valence-electron chi connectivity index (χ4n) is 5.03. The molecule has 1 heterocycles. The molecule has 0 aliphatic heterocycles. The molecule has 0 bridgehead atoms. The number of aromatic nitrogens is 1. The summed E-state index contributed by atoms with van der Waals surface area (Å²) in [5.41, 5.74) is 3.22. The van der Waals surface area contributed by atoms with Crippen LogP contribution in [0.3, 0.4) is 0 Å². The summed E-state index contributed by atoms with van der Waals surface area (Å²) in [4.78, 5) is 5.12. The Labute approximate surface area is 256 Å². The van der Waals surface area contributed by atoms with Crippen molar-refractivity contribution in [2.75, 3.05) is 5.32 Å². The molecule has 0 unspecified atom stereocenters. The summed E-state index contributed by atoms with van der Waals surface area (Å²) in [5, 5.41) is 11.0. The highest BCUT2D eigenvalue weighted by Gasteiger charge is 2.20. The Hall–Kier alpha value is -3.80. The van der Waals surface area contributed by atoms with E-state index in [2.05, 4.69) is 157 Å². The molecule has 206 valence electrons. The van der Waals surface area contributed by atoms with E-state index in [1.54, 1.807) is 0 Å². The minimum atomic E-state index is -0.798. The maximum absolute atomic E-state index is 6.60. The summed E-state index contributed by atoms with van der Waals surface area (Å²) in [7, 11) is -1.35. The van der Waals surface area contributed by atoms with E-state index in [0.29, 0.717) is 6.54 Å². The van der Waals surface area contributed by atoms with E-state index in [1.807, 2.05) is 6.07 Å². The van der Waals surface area contributed by atoms with Crippen LogP contribution < -0.4 is 31.8 Å². The Morgan fingerprint density at radius 2 is 1.02 bits per heavy atom. The van der Waals surface area contributed by atoms with Crippen LogP contribution in [0.5, 0.6) is 0 Å². The average molecular weight is 601 g/mol. The van der Waals surface area contributed by atoms with Crippen molar-refractivity contribution in [3.8, 4) is 0 Å². The van der Waals surface area contributed by atoms with Crippen molar-refractivity contribution < 1.29 is 0 Å². The molecular weight excluding hydrogens is 570 g/mol. The molecule has 0 aliphatic rings. The standard InChI is InChI=1S/C37H31ClN2P2/c38-29-24-25-36(37(26-29)42(34-20-9-3-10-21-34)35-22-11-4-12-23-35)39-27-30-14-13-15-31(40-30)28-41(32-16-5-1-6-17-32)33-18-7-2-8-19-33/h1-26,39H,27-28H2. The summed E-state index contributed by atoms with van der Waals surface area (Å²) in [6.07, 6.45) is 0.900. The molecule has 6 aromatic rings. The van der Waals surface area contributed by atoms with Crippen LogP contribution in [0.15, 0.2) is 158 Å². The van der Waals surface area contributed by atoms with E-state index >= 15 is 0 Å². The zero-order chi connectivity index (χ0) is 28.6. The number of hydrogen-bond acceptors (Lipinski definition) is 2. The van der Waals surface area contributed by atoms with E-state index in [0.717, 1.165) is 28.3 Å². The summed E-state index contributed by atoms with van der Waals surface area (Å²) in [6, 6.07) is 55.7. The van der Waals surface area contributed by atoms with Crippen molar-refractivity contribution in [1.29, 1.82) is 0 Å². The van der Waals surface area contributed by atoms with Crippen LogP contribution in [0.1, 0.15) is 11.4 Å². The van der Waals surface area contributed by atoms with Crippen LogP contribution in [-0.4, -0.2) is 4.98 Å². The molecule has 2 nitrogen and oxygen atoms in total. The molecule has 1 N–H and O–H groups in total. The highest BCUT2D eigenvalue weighted by Crippen LogP contribution is 2.38. The lowest BCUT2D eigenvalue weighted by Gasteiger charge is -2.23. The normalized spacial score (nSPS) is 11.1. The van der Waals surface area contributed by atoms with Gasteiger partial charge < -0.3 is 5.32 Å². The summed E-state index contributed by atoms with van der Waals surface area (Å²) < 4.78 is 0. The molecule has 0 radical (unpaired) electrons. The fraction of sp³-hybridized carbons (Fsp3) is 0.0541. The third-order valence-corrected chi connectivity index (χ3v) is 12.2. The van der Waals surface area contributed by atoms with Crippen molar-refractivity contribution in [3.05, 3.63) is 174 Å². The number of hydrogen-bond donors (Lipinski definition) is 1. The van der Waals surface area contributed by atoms with Gasteiger partial charge in [-0.05, 0) is 67.4 Å². The van der Waals surface area contributed by atoms with Gasteiger partial charge in [0, 0.05) is 27.9 Å². The predicted molar refractivity (Wildman–Crippen MR) is 184 cm³/mol. The fourth-order valence-corrected chi connectivity index (χ4v) is 9.97. The molecule has 6 rings (SSSR count). The van der Waals surface area contributed by atoms with Gasteiger partial charge in [0.25, 0.3) is 0 Å². The summed E-state index contributed by atoms with van der Waals surface area (Å²) >= 11 is 6.60. The van der Waals surface area contributed by atoms with Crippen LogP contribution in [-0.2, 0) is 12.7 Å². The van der Waals surface area contributed by atoms with Gasteiger partial charge in [0.05, 0.1) is 12.2 Å². The first kappa shape index (κ1) is 28.3. The Balaban J connectivity index is 1.27. The molecule has 0 atom stereocenters. The monoisotopic (exact) mass is 600 g/mol. The van der Waals surface area contributed by atoms with E-state index in [-0.39, 0.29) is 0 Å². The van der Waals surface area contributed by atoms with Crippen LogP contribution in [0.2, 0.25) is 5.02 Å². The van der Waals surface area contributed by atoms with Crippen molar-refractivity contribution >= 4 is 59.7 Å². The van der Waals surface area contributed by atoms with Crippen molar-refractivity contribution in [2.45, 2.75) is 12.7 Å². The molecule has 1 aromatic heterocycles. The molecule has 0 spiro atoms. The quantitative estimate of drug-likeness (QED) is 0.163. The first-order valence-corrected chi connectivity index (χ1v) is 17.3. The molecule has 0 saturated heterocycles. The van der Waals surface area contributed by atoms with Gasteiger partial charge in [0.1, 0.15) is 0 Å². The minimum Gasteiger partial charge on any atom is -0.379 e. The summed E-state index contributed by atoms with van der Waals surface area (Å²) in [6.45, 7) is 0.629. The number of rotatable bonds is 10. The first-order chi connectivity index (χ1) is 20.7. The molecule has 42 heavy (non-hydrogen) atoms. The molecular formula is C37H31ClN2P2.